The van der Waals surface area contributed by atoms with Crippen molar-refractivity contribution in [3.63, 3.8) is 0 Å². The number of carboxylic acid groups (broad SMARTS) is 1. The molecule has 0 aromatic carbocycles. The van der Waals surface area contributed by atoms with E-state index in [2.05, 4.69) is 5.32 Å². The molecular formula is C11H15NO3S. The molecule has 2 atom stereocenters. The van der Waals surface area contributed by atoms with Crippen LogP contribution in [0, 0.1) is 5.92 Å². The SMILES string of the molecule is CCC(C)C(NC(=O)c1ccsc1)C(=O)O. The molecular weight excluding hydrogens is 226 g/mol. The number of amides is 1. The smallest absolute Gasteiger partial charge is 0.326 e. The minimum Gasteiger partial charge on any atom is -0.480 e. The highest BCUT2D eigenvalue weighted by molar-refractivity contribution is 7.08. The molecule has 0 fully saturated rings. The molecule has 1 aromatic rings. The molecule has 5 heteroatoms. The Bertz CT molecular complexity index is 361. The highest BCUT2D eigenvalue weighted by Gasteiger charge is 2.25. The first-order valence-electron chi connectivity index (χ1n) is 5.12. The van der Waals surface area contributed by atoms with Crippen LogP contribution in [0.5, 0.6) is 0 Å². The molecule has 4 nitrogen and oxygen atoms in total. The van der Waals surface area contributed by atoms with E-state index in [9.17, 15) is 9.59 Å². The van der Waals surface area contributed by atoms with Gasteiger partial charge in [-0.3, -0.25) is 4.79 Å². The predicted molar refractivity (Wildman–Crippen MR) is 62.7 cm³/mol. The Morgan fingerprint density at radius 3 is 2.69 bits per heavy atom. The van der Waals surface area contributed by atoms with E-state index >= 15 is 0 Å². The molecule has 0 aliphatic heterocycles. The maximum atomic E-state index is 11.7. The molecule has 0 saturated carbocycles. The van der Waals surface area contributed by atoms with Crippen molar-refractivity contribution in [2.24, 2.45) is 5.92 Å². The topological polar surface area (TPSA) is 66.4 Å². The van der Waals surface area contributed by atoms with Crippen LogP contribution < -0.4 is 5.32 Å². The summed E-state index contributed by atoms with van der Waals surface area (Å²) in [6.07, 6.45) is 0.709. The first-order valence-corrected chi connectivity index (χ1v) is 6.06. The van der Waals surface area contributed by atoms with E-state index in [0.29, 0.717) is 12.0 Å². The number of thiophene rings is 1. The number of carbonyl (C=O) groups is 2. The van der Waals surface area contributed by atoms with E-state index in [0.717, 1.165) is 0 Å². The van der Waals surface area contributed by atoms with E-state index in [4.69, 9.17) is 5.11 Å². The number of aliphatic carboxylic acids is 1. The summed E-state index contributed by atoms with van der Waals surface area (Å²) in [6, 6.07) is 0.854. The van der Waals surface area contributed by atoms with Crippen LogP contribution in [0.1, 0.15) is 30.6 Å². The lowest BCUT2D eigenvalue weighted by Crippen LogP contribution is -2.44. The van der Waals surface area contributed by atoms with E-state index < -0.39 is 12.0 Å². The van der Waals surface area contributed by atoms with Gasteiger partial charge in [-0.15, -0.1) is 0 Å². The Kier molecular flexibility index (Phi) is 4.49. The minimum absolute atomic E-state index is 0.0833. The lowest BCUT2D eigenvalue weighted by atomic mass is 9.99. The summed E-state index contributed by atoms with van der Waals surface area (Å²) in [5.74, 6) is -1.40. The lowest BCUT2D eigenvalue weighted by molar-refractivity contribution is -0.140. The average Bonchev–Trinajstić information content (AvgIpc) is 2.77. The molecule has 88 valence electrons. The first-order chi connectivity index (χ1) is 7.56. The quantitative estimate of drug-likeness (QED) is 0.828. The predicted octanol–water partition coefficient (Wildman–Crippen LogP) is 1.98. The van der Waals surface area contributed by atoms with Crippen molar-refractivity contribution in [2.45, 2.75) is 26.3 Å². The maximum Gasteiger partial charge on any atom is 0.326 e. The van der Waals surface area contributed by atoms with Crippen LogP contribution in [0.4, 0.5) is 0 Å². The Morgan fingerprint density at radius 1 is 1.56 bits per heavy atom. The summed E-state index contributed by atoms with van der Waals surface area (Å²) in [6.45, 7) is 3.71. The summed E-state index contributed by atoms with van der Waals surface area (Å²) < 4.78 is 0. The molecule has 0 spiro atoms. The second kappa shape index (κ2) is 5.65. The standard InChI is InChI=1S/C11H15NO3S/c1-3-7(2)9(11(14)15)12-10(13)8-4-5-16-6-8/h4-7,9H,3H2,1-2H3,(H,12,13)(H,14,15). The van der Waals surface area contributed by atoms with Gasteiger partial charge < -0.3 is 10.4 Å². The number of hydrogen-bond acceptors (Lipinski definition) is 3. The van der Waals surface area contributed by atoms with Gasteiger partial charge in [-0.25, -0.2) is 4.79 Å². The lowest BCUT2D eigenvalue weighted by Gasteiger charge is -2.19. The van der Waals surface area contributed by atoms with Crippen molar-refractivity contribution in [3.05, 3.63) is 22.4 Å². The fourth-order valence-electron chi connectivity index (χ4n) is 1.30. The Hall–Kier alpha value is -1.36. The monoisotopic (exact) mass is 241 g/mol. The molecule has 0 saturated heterocycles. The van der Waals surface area contributed by atoms with Crippen LogP contribution in [-0.2, 0) is 4.79 Å². The molecule has 0 radical (unpaired) electrons. The van der Waals surface area contributed by atoms with Crippen LogP contribution in [0.15, 0.2) is 16.8 Å². The van der Waals surface area contributed by atoms with Crippen molar-refractivity contribution in [2.75, 3.05) is 0 Å². The van der Waals surface area contributed by atoms with Crippen molar-refractivity contribution in [1.82, 2.24) is 5.32 Å². The molecule has 1 rings (SSSR count). The molecule has 1 amide bonds. The molecule has 1 heterocycles. The third-order valence-electron chi connectivity index (χ3n) is 2.55. The summed E-state index contributed by atoms with van der Waals surface area (Å²) in [5, 5.41) is 15.0. The van der Waals surface area contributed by atoms with Gasteiger partial charge in [0.15, 0.2) is 0 Å². The van der Waals surface area contributed by atoms with Gasteiger partial charge in [0, 0.05) is 5.38 Å². The summed E-state index contributed by atoms with van der Waals surface area (Å²) in [5.41, 5.74) is 0.513. The normalized spacial score (nSPS) is 14.1. The van der Waals surface area contributed by atoms with E-state index in [1.165, 1.54) is 11.3 Å². The third kappa shape index (κ3) is 3.06. The van der Waals surface area contributed by atoms with Crippen LogP contribution in [0.3, 0.4) is 0 Å². The Labute approximate surface area is 98.3 Å². The van der Waals surface area contributed by atoms with Gasteiger partial charge in [0.05, 0.1) is 5.56 Å². The zero-order valence-corrected chi connectivity index (χ0v) is 10.1. The summed E-state index contributed by atoms with van der Waals surface area (Å²) in [7, 11) is 0. The average molecular weight is 241 g/mol. The van der Waals surface area contributed by atoms with Crippen molar-refractivity contribution in [1.29, 1.82) is 0 Å². The number of carbonyl (C=O) groups excluding carboxylic acids is 1. The number of hydrogen-bond donors (Lipinski definition) is 2. The molecule has 16 heavy (non-hydrogen) atoms. The fourth-order valence-corrected chi connectivity index (χ4v) is 1.94. The van der Waals surface area contributed by atoms with Gasteiger partial charge in [0.25, 0.3) is 5.91 Å². The molecule has 0 aliphatic carbocycles. The van der Waals surface area contributed by atoms with Gasteiger partial charge in [-0.1, -0.05) is 20.3 Å². The maximum absolute atomic E-state index is 11.7. The zero-order chi connectivity index (χ0) is 12.1. The summed E-state index contributed by atoms with van der Waals surface area (Å²) >= 11 is 1.41. The molecule has 0 aliphatic rings. The van der Waals surface area contributed by atoms with E-state index in [1.807, 2.05) is 13.8 Å². The van der Waals surface area contributed by atoms with Crippen molar-refractivity contribution < 1.29 is 14.7 Å². The van der Waals surface area contributed by atoms with Crippen molar-refractivity contribution in [3.8, 4) is 0 Å². The van der Waals surface area contributed by atoms with Crippen LogP contribution in [0.2, 0.25) is 0 Å². The van der Waals surface area contributed by atoms with Crippen molar-refractivity contribution >= 4 is 23.2 Å². The second-order valence-electron chi connectivity index (χ2n) is 3.69. The fraction of sp³-hybridized carbons (Fsp3) is 0.455. The molecule has 0 bridgehead atoms. The minimum atomic E-state index is -0.988. The van der Waals surface area contributed by atoms with Gasteiger partial charge in [0.2, 0.25) is 0 Å². The molecule has 2 unspecified atom stereocenters. The highest BCUT2D eigenvalue weighted by atomic mass is 32.1. The molecule has 1 aromatic heterocycles. The largest absolute Gasteiger partial charge is 0.480 e. The highest BCUT2D eigenvalue weighted by Crippen LogP contribution is 2.11. The zero-order valence-electron chi connectivity index (χ0n) is 9.27. The number of rotatable bonds is 5. The third-order valence-corrected chi connectivity index (χ3v) is 3.23. The van der Waals surface area contributed by atoms with Gasteiger partial charge in [-0.05, 0) is 17.4 Å². The summed E-state index contributed by atoms with van der Waals surface area (Å²) in [4.78, 5) is 22.7. The van der Waals surface area contributed by atoms with Gasteiger partial charge in [-0.2, -0.15) is 11.3 Å². The van der Waals surface area contributed by atoms with Crippen LogP contribution >= 0.6 is 11.3 Å². The Balaban J connectivity index is 2.69. The van der Waals surface area contributed by atoms with Crippen LogP contribution in [-0.4, -0.2) is 23.0 Å². The second-order valence-corrected chi connectivity index (χ2v) is 4.47. The van der Waals surface area contributed by atoms with Crippen LogP contribution in [0.25, 0.3) is 0 Å². The number of carboxylic acids is 1. The molecule has 2 N–H and O–H groups in total. The van der Waals surface area contributed by atoms with Gasteiger partial charge in [0.1, 0.15) is 6.04 Å². The Morgan fingerprint density at radius 2 is 2.25 bits per heavy atom. The van der Waals surface area contributed by atoms with Gasteiger partial charge >= 0.3 is 5.97 Å². The van der Waals surface area contributed by atoms with E-state index in [-0.39, 0.29) is 11.8 Å². The first kappa shape index (κ1) is 12.7. The van der Waals surface area contributed by atoms with E-state index in [1.54, 1.807) is 16.8 Å². The number of nitrogens with one attached hydrogen (secondary N) is 1.